The van der Waals surface area contributed by atoms with Gasteiger partial charge in [-0.05, 0) is 0 Å². The van der Waals surface area contributed by atoms with Crippen molar-refractivity contribution in [2.24, 2.45) is 11.5 Å². The van der Waals surface area contributed by atoms with E-state index in [0.29, 0.717) is 13.1 Å². The van der Waals surface area contributed by atoms with Crippen molar-refractivity contribution >= 4 is 17.9 Å². The molecule has 0 saturated carbocycles. The molecule has 0 rings (SSSR count). The normalized spacial score (nSPS) is 10.3. The van der Waals surface area contributed by atoms with Gasteiger partial charge in [-0.2, -0.15) is 0 Å². The summed E-state index contributed by atoms with van der Waals surface area (Å²) in [6, 6.07) is 0. The number of aliphatic hydroxyl groups is 1. The Morgan fingerprint density at radius 2 is 1.25 bits per heavy atom. The number of carboxylic acid groups (broad SMARTS) is 3. The van der Waals surface area contributed by atoms with Crippen LogP contribution >= 0.6 is 0 Å². The van der Waals surface area contributed by atoms with Gasteiger partial charge in [-0.3, -0.25) is 9.59 Å². The van der Waals surface area contributed by atoms with Gasteiger partial charge in [0.05, 0.1) is 12.8 Å². The molecule has 10 nitrogen and oxygen atoms in total. The van der Waals surface area contributed by atoms with Crippen molar-refractivity contribution in [2.45, 2.75) is 18.4 Å². The molecule has 0 heterocycles. The van der Waals surface area contributed by atoms with Gasteiger partial charge in [0.1, 0.15) is 0 Å². The molecule has 118 valence electrons. The summed E-state index contributed by atoms with van der Waals surface area (Å²) in [6.07, 6.45) is -2.29. The summed E-state index contributed by atoms with van der Waals surface area (Å²) in [4.78, 5) is 30.5. The fourth-order valence-electron chi connectivity index (χ4n) is 1.04. The molecule has 0 radical (unpaired) electrons. The van der Waals surface area contributed by atoms with E-state index in [0.717, 1.165) is 13.1 Å². The lowest BCUT2D eigenvalue weighted by Gasteiger charge is -2.18. The van der Waals surface area contributed by atoms with Gasteiger partial charge >= 0.3 is 17.9 Å². The molecule has 9 N–H and O–H groups in total. The third-order valence-electron chi connectivity index (χ3n) is 1.93. The molecule has 0 amide bonds. The SMILES string of the molecule is NCCNCCN.O=C(O)CC(O)(CC(=O)O)C(=O)O. The predicted octanol–water partition coefficient (Wildman–Crippen LogP) is -2.76. The van der Waals surface area contributed by atoms with E-state index in [1.807, 2.05) is 0 Å². The van der Waals surface area contributed by atoms with E-state index in [9.17, 15) is 14.4 Å². The largest absolute Gasteiger partial charge is 0.481 e. The van der Waals surface area contributed by atoms with Crippen LogP contribution in [0.15, 0.2) is 0 Å². The van der Waals surface area contributed by atoms with Crippen LogP contribution < -0.4 is 16.8 Å². The van der Waals surface area contributed by atoms with Crippen LogP contribution in [0.2, 0.25) is 0 Å². The highest BCUT2D eigenvalue weighted by atomic mass is 16.4. The van der Waals surface area contributed by atoms with Crippen LogP contribution in [0.3, 0.4) is 0 Å². The number of nitrogens with two attached hydrogens (primary N) is 2. The van der Waals surface area contributed by atoms with Crippen LogP contribution in [0.5, 0.6) is 0 Å². The standard InChI is InChI=1S/C6H8O7.C4H13N3/c7-3(8)1-6(13,5(11)12)2-4(9)10;5-1-3-7-4-2-6/h13H,1-2H2,(H,7,8)(H,9,10)(H,11,12);7H,1-6H2. The van der Waals surface area contributed by atoms with Crippen molar-refractivity contribution in [3.05, 3.63) is 0 Å². The topological polar surface area (TPSA) is 196 Å². The van der Waals surface area contributed by atoms with E-state index in [-0.39, 0.29) is 0 Å². The Morgan fingerprint density at radius 1 is 0.900 bits per heavy atom. The maximum Gasteiger partial charge on any atom is 0.336 e. The Labute approximate surface area is 115 Å². The zero-order valence-corrected chi connectivity index (χ0v) is 10.9. The average molecular weight is 295 g/mol. The number of nitrogens with one attached hydrogen (secondary N) is 1. The Hall–Kier alpha value is -1.75. The lowest BCUT2D eigenvalue weighted by Crippen LogP contribution is -2.42. The zero-order chi connectivity index (χ0) is 16.2. The summed E-state index contributed by atoms with van der Waals surface area (Å²) in [5.41, 5.74) is 7.59. The number of rotatable bonds is 9. The number of aliphatic carboxylic acids is 3. The molecule has 0 aliphatic heterocycles. The fraction of sp³-hybridized carbons (Fsp3) is 0.700. The summed E-state index contributed by atoms with van der Waals surface area (Å²) in [5, 5.41) is 36.8. The molecule has 10 heteroatoms. The molecule has 0 atom stereocenters. The van der Waals surface area contributed by atoms with Crippen molar-refractivity contribution in [3.63, 3.8) is 0 Å². The molecule has 20 heavy (non-hydrogen) atoms. The first-order chi connectivity index (χ1) is 9.19. The second-order valence-electron chi connectivity index (χ2n) is 3.81. The van der Waals surface area contributed by atoms with Gasteiger partial charge in [-0.25, -0.2) is 4.79 Å². The molecule has 0 aromatic rings. The van der Waals surface area contributed by atoms with Gasteiger partial charge in [-0.1, -0.05) is 0 Å². The van der Waals surface area contributed by atoms with E-state index in [1.54, 1.807) is 0 Å². The molecule has 0 fully saturated rings. The molecule has 0 aromatic carbocycles. The van der Waals surface area contributed by atoms with Gasteiger partial charge in [0, 0.05) is 26.2 Å². The minimum absolute atomic E-state index is 0.694. The van der Waals surface area contributed by atoms with Crippen LogP contribution in [0.1, 0.15) is 12.8 Å². The molecule has 0 aliphatic carbocycles. The van der Waals surface area contributed by atoms with Crippen LogP contribution in [0.25, 0.3) is 0 Å². The lowest BCUT2D eigenvalue weighted by molar-refractivity contribution is -0.170. The Morgan fingerprint density at radius 3 is 1.45 bits per heavy atom. The van der Waals surface area contributed by atoms with Crippen LogP contribution in [0.4, 0.5) is 0 Å². The zero-order valence-electron chi connectivity index (χ0n) is 10.9. The molecule has 0 saturated heterocycles. The van der Waals surface area contributed by atoms with E-state index in [1.165, 1.54) is 0 Å². The minimum atomic E-state index is -2.74. The average Bonchev–Trinajstić information content (AvgIpc) is 2.28. The maximum absolute atomic E-state index is 10.3. The second kappa shape index (κ2) is 11.1. The number of hydrogen-bond donors (Lipinski definition) is 7. The molecular weight excluding hydrogens is 274 g/mol. The van der Waals surface area contributed by atoms with E-state index in [4.69, 9.17) is 31.9 Å². The third-order valence-corrected chi connectivity index (χ3v) is 1.93. The van der Waals surface area contributed by atoms with Crippen molar-refractivity contribution in [3.8, 4) is 0 Å². The van der Waals surface area contributed by atoms with Gasteiger partial charge in [0.2, 0.25) is 0 Å². The first-order valence-electron chi connectivity index (χ1n) is 5.69. The van der Waals surface area contributed by atoms with Gasteiger partial charge < -0.3 is 37.2 Å². The van der Waals surface area contributed by atoms with Crippen molar-refractivity contribution in [2.75, 3.05) is 26.2 Å². The van der Waals surface area contributed by atoms with Crippen LogP contribution in [-0.2, 0) is 14.4 Å². The summed E-state index contributed by atoms with van der Waals surface area (Å²) in [6.45, 7) is 3.13. The molecule has 0 aromatic heterocycles. The molecular formula is C10H21N3O7. The predicted molar refractivity (Wildman–Crippen MR) is 68.1 cm³/mol. The highest BCUT2D eigenvalue weighted by Gasteiger charge is 2.40. The molecule has 0 bridgehead atoms. The van der Waals surface area contributed by atoms with Gasteiger partial charge in [0.15, 0.2) is 5.60 Å². The number of carboxylic acids is 3. The number of carbonyl (C=O) groups is 3. The highest BCUT2D eigenvalue weighted by Crippen LogP contribution is 2.15. The smallest absolute Gasteiger partial charge is 0.336 e. The van der Waals surface area contributed by atoms with Crippen molar-refractivity contribution in [1.29, 1.82) is 0 Å². The Kier molecular flexibility index (Phi) is 11.4. The van der Waals surface area contributed by atoms with Crippen LogP contribution in [-0.4, -0.2) is 70.1 Å². The lowest BCUT2D eigenvalue weighted by atomic mass is 9.96. The summed E-state index contributed by atoms with van der Waals surface area (Å²) >= 11 is 0. The van der Waals surface area contributed by atoms with Gasteiger partial charge in [-0.15, -0.1) is 0 Å². The number of hydrogen-bond acceptors (Lipinski definition) is 7. The first-order valence-corrected chi connectivity index (χ1v) is 5.69. The van der Waals surface area contributed by atoms with Crippen LogP contribution in [0, 0.1) is 0 Å². The van der Waals surface area contributed by atoms with E-state index < -0.39 is 36.4 Å². The van der Waals surface area contributed by atoms with Gasteiger partial charge in [0.25, 0.3) is 0 Å². The van der Waals surface area contributed by atoms with E-state index >= 15 is 0 Å². The summed E-state index contributed by atoms with van der Waals surface area (Å²) in [7, 11) is 0. The summed E-state index contributed by atoms with van der Waals surface area (Å²) in [5.74, 6) is -5.02. The quantitative estimate of drug-likeness (QED) is 0.219. The van der Waals surface area contributed by atoms with Crippen molar-refractivity contribution in [1.82, 2.24) is 5.32 Å². The first kappa shape index (κ1) is 20.6. The molecule has 0 unspecified atom stereocenters. The maximum atomic E-state index is 10.3. The summed E-state index contributed by atoms with van der Waals surface area (Å²) < 4.78 is 0. The Balaban J connectivity index is 0. The monoisotopic (exact) mass is 295 g/mol. The Bertz CT molecular complexity index is 302. The second-order valence-corrected chi connectivity index (χ2v) is 3.81. The molecule has 0 spiro atoms. The third kappa shape index (κ3) is 11.3. The molecule has 0 aliphatic rings. The highest BCUT2D eigenvalue weighted by molar-refractivity contribution is 5.88. The minimum Gasteiger partial charge on any atom is -0.481 e. The van der Waals surface area contributed by atoms with Crippen molar-refractivity contribution < 1.29 is 34.8 Å². The fourth-order valence-corrected chi connectivity index (χ4v) is 1.04. The van der Waals surface area contributed by atoms with E-state index in [2.05, 4.69) is 5.32 Å².